The molecule has 2 aromatic carbocycles. The highest BCUT2D eigenvalue weighted by atomic mass is 31.1. The summed E-state index contributed by atoms with van der Waals surface area (Å²) in [6, 6.07) is 13.3. The molecule has 0 amide bonds. The Balaban J connectivity index is 2.28. The SMILES string of the molecule is Cc1cc(C)c(O[P+](=O)c2ccccc2)c(C)c1. The Labute approximate surface area is 108 Å². The summed E-state index contributed by atoms with van der Waals surface area (Å²) in [6.45, 7) is 5.99. The van der Waals surface area contributed by atoms with Gasteiger partial charge in [-0.3, -0.25) is 0 Å². The Morgan fingerprint density at radius 2 is 1.50 bits per heavy atom. The van der Waals surface area contributed by atoms with Gasteiger partial charge in [-0.05, 0) is 48.6 Å². The molecule has 0 aromatic heterocycles. The van der Waals surface area contributed by atoms with Gasteiger partial charge < -0.3 is 0 Å². The molecule has 2 aromatic rings. The van der Waals surface area contributed by atoms with E-state index in [9.17, 15) is 4.57 Å². The van der Waals surface area contributed by atoms with Crippen molar-refractivity contribution in [3.05, 3.63) is 59.2 Å². The lowest BCUT2D eigenvalue weighted by molar-refractivity contribution is 0.510. The molecule has 0 aliphatic heterocycles. The van der Waals surface area contributed by atoms with Crippen LogP contribution in [0.1, 0.15) is 16.7 Å². The second-order valence-electron chi connectivity index (χ2n) is 4.41. The molecular weight excluding hydrogens is 243 g/mol. The molecule has 0 radical (unpaired) electrons. The van der Waals surface area contributed by atoms with Crippen LogP contribution in [0.3, 0.4) is 0 Å². The predicted molar refractivity (Wildman–Crippen MR) is 75.0 cm³/mol. The molecule has 92 valence electrons. The van der Waals surface area contributed by atoms with Crippen molar-refractivity contribution in [2.45, 2.75) is 20.8 Å². The van der Waals surface area contributed by atoms with Gasteiger partial charge in [0.15, 0.2) is 5.75 Å². The second-order valence-corrected chi connectivity index (χ2v) is 5.62. The molecule has 0 aliphatic carbocycles. The maximum absolute atomic E-state index is 12.1. The van der Waals surface area contributed by atoms with E-state index in [1.165, 1.54) is 5.56 Å². The number of rotatable bonds is 3. The molecule has 0 fully saturated rings. The monoisotopic (exact) mass is 259 g/mol. The number of hydrogen-bond donors (Lipinski definition) is 0. The van der Waals surface area contributed by atoms with E-state index in [0.717, 1.165) is 16.9 Å². The minimum absolute atomic E-state index is 0.715. The van der Waals surface area contributed by atoms with Crippen LogP contribution in [0.5, 0.6) is 5.75 Å². The Hall–Kier alpha value is -1.66. The average molecular weight is 259 g/mol. The normalized spacial score (nSPS) is 11.2. The molecule has 2 nitrogen and oxygen atoms in total. The van der Waals surface area contributed by atoms with Crippen molar-refractivity contribution in [3.63, 3.8) is 0 Å². The van der Waals surface area contributed by atoms with Crippen molar-refractivity contribution in [1.82, 2.24) is 0 Å². The molecule has 2 rings (SSSR count). The van der Waals surface area contributed by atoms with Crippen molar-refractivity contribution >= 4 is 13.3 Å². The summed E-state index contributed by atoms with van der Waals surface area (Å²) >= 11 is 0. The minimum Gasteiger partial charge on any atom is -0.250 e. The Kier molecular flexibility index (Phi) is 3.78. The van der Waals surface area contributed by atoms with Gasteiger partial charge in [0.1, 0.15) is 0 Å². The first kappa shape index (κ1) is 12.8. The van der Waals surface area contributed by atoms with Crippen molar-refractivity contribution in [2.24, 2.45) is 0 Å². The second kappa shape index (κ2) is 5.32. The molecule has 0 spiro atoms. The van der Waals surface area contributed by atoms with Gasteiger partial charge in [-0.25, -0.2) is 4.52 Å². The topological polar surface area (TPSA) is 26.3 Å². The van der Waals surface area contributed by atoms with Crippen LogP contribution in [-0.4, -0.2) is 0 Å². The lowest BCUT2D eigenvalue weighted by Gasteiger charge is -2.05. The van der Waals surface area contributed by atoms with E-state index in [-0.39, 0.29) is 0 Å². The first-order valence-corrected chi connectivity index (χ1v) is 7.04. The summed E-state index contributed by atoms with van der Waals surface area (Å²) in [4.78, 5) is 0. The Morgan fingerprint density at radius 1 is 0.944 bits per heavy atom. The summed E-state index contributed by atoms with van der Waals surface area (Å²) in [5.74, 6) is 0.727. The zero-order chi connectivity index (χ0) is 13.1. The Bertz CT molecular complexity index is 553. The smallest absolute Gasteiger partial charge is 0.250 e. The molecule has 1 unspecified atom stereocenters. The predicted octanol–water partition coefficient (Wildman–Crippen LogP) is 4.06. The lowest BCUT2D eigenvalue weighted by Crippen LogP contribution is -2.00. The summed E-state index contributed by atoms with van der Waals surface area (Å²) in [5.41, 5.74) is 3.23. The van der Waals surface area contributed by atoms with Gasteiger partial charge in [0.2, 0.25) is 5.30 Å². The third-order valence-electron chi connectivity index (χ3n) is 2.75. The van der Waals surface area contributed by atoms with E-state index in [1.807, 2.05) is 63.2 Å². The molecule has 0 saturated carbocycles. The van der Waals surface area contributed by atoms with Crippen LogP contribution in [0.25, 0.3) is 0 Å². The Morgan fingerprint density at radius 3 is 2.06 bits per heavy atom. The van der Waals surface area contributed by atoms with Gasteiger partial charge in [-0.2, -0.15) is 0 Å². The molecule has 18 heavy (non-hydrogen) atoms. The molecule has 1 atom stereocenters. The molecular formula is C15H16O2P+. The fourth-order valence-corrected chi connectivity index (χ4v) is 2.97. The van der Waals surface area contributed by atoms with Crippen molar-refractivity contribution in [3.8, 4) is 5.75 Å². The van der Waals surface area contributed by atoms with Crippen LogP contribution in [0.2, 0.25) is 0 Å². The molecule has 0 N–H and O–H groups in total. The van der Waals surface area contributed by atoms with E-state index in [0.29, 0.717) is 5.30 Å². The van der Waals surface area contributed by atoms with Crippen molar-refractivity contribution in [1.29, 1.82) is 0 Å². The van der Waals surface area contributed by atoms with E-state index >= 15 is 0 Å². The van der Waals surface area contributed by atoms with E-state index in [4.69, 9.17) is 4.52 Å². The highest BCUT2D eigenvalue weighted by Crippen LogP contribution is 2.32. The summed E-state index contributed by atoms with van der Waals surface area (Å²) in [7, 11) is -1.84. The van der Waals surface area contributed by atoms with Crippen LogP contribution in [0.15, 0.2) is 42.5 Å². The van der Waals surface area contributed by atoms with Crippen LogP contribution < -0.4 is 9.83 Å². The first-order chi connectivity index (χ1) is 8.58. The summed E-state index contributed by atoms with van der Waals surface area (Å²) < 4.78 is 17.8. The molecule has 3 heteroatoms. The van der Waals surface area contributed by atoms with E-state index in [1.54, 1.807) is 0 Å². The van der Waals surface area contributed by atoms with Gasteiger partial charge in [0.05, 0.1) is 0 Å². The van der Waals surface area contributed by atoms with Crippen LogP contribution >= 0.6 is 8.03 Å². The largest absolute Gasteiger partial charge is 0.597 e. The number of benzene rings is 2. The highest BCUT2D eigenvalue weighted by Gasteiger charge is 2.25. The zero-order valence-electron chi connectivity index (χ0n) is 10.8. The van der Waals surface area contributed by atoms with Crippen molar-refractivity contribution < 1.29 is 9.09 Å². The maximum atomic E-state index is 12.1. The van der Waals surface area contributed by atoms with Gasteiger partial charge in [-0.15, -0.1) is 0 Å². The lowest BCUT2D eigenvalue weighted by atomic mass is 10.1. The molecule has 0 bridgehead atoms. The van der Waals surface area contributed by atoms with Gasteiger partial charge in [-0.1, -0.05) is 35.9 Å². The average Bonchev–Trinajstić information content (AvgIpc) is 2.34. The molecule has 0 saturated heterocycles. The fourth-order valence-electron chi connectivity index (χ4n) is 2.00. The van der Waals surface area contributed by atoms with Gasteiger partial charge in [0, 0.05) is 0 Å². The summed E-state index contributed by atoms with van der Waals surface area (Å²) in [5, 5.41) is 0.715. The van der Waals surface area contributed by atoms with E-state index < -0.39 is 8.03 Å². The van der Waals surface area contributed by atoms with Crippen LogP contribution in [0, 0.1) is 20.8 Å². The van der Waals surface area contributed by atoms with Crippen molar-refractivity contribution in [2.75, 3.05) is 0 Å². The van der Waals surface area contributed by atoms with Gasteiger partial charge in [0.25, 0.3) is 0 Å². The van der Waals surface area contributed by atoms with Crippen LogP contribution in [-0.2, 0) is 4.57 Å². The fraction of sp³-hybridized carbons (Fsp3) is 0.200. The van der Waals surface area contributed by atoms with Gasteiger partial charge >= 0.3 is 8.03 Å². The van der Waals surface area contributed by atoms with Crippen LogP contribution in [0.4, 0.5) is 0 Å². The third kappa shape index (κ3) is 2.77. The maximum Gasteiger partial charge on any atom is 0.597 e. The minimum atomic E-state index is -1.84. The van der Waals surface area contributed by atoms with E-state index in [2.05, 4.69) is 0 Å². The summed E-state index contributed by atoms with van der Waals surface area (Å²) in [6.07, 6.45) is 0. The highest BCUT2D eigenvalue weighted by molar-refractivity contribution is 7.48. The molecule has 0 aliphatic rings. The first-order valence-electron chi connectivity index (χ1n) is 5.86. The number of hydrogen-bond acceptors (Lipinski definition) is 2. The molecule has 0 heterocycles. The third-order valence-corrected chi connectivity index (χ3v) is 3.81. The standard InChI is InChI=1S/C15H16O2P/c1-11-9-12(2)15(13(3)10-11)17-18(16)14-7-5-4-6-8-14/h4-10H,1-3H3/q+1. The quantitative estimate of drug-likeness (QED) is 0.777. The zero-order valence-corrected chi connectivity index (χ0v) is 11.7. The number of aryl methyl sites for hydroxylation is 3.